The van der Waals surface area contributed by atoms with Crippen molar-refractivity contribution in [1.29, 1.82) is 0 Å². The van der Waals surface area contributed by atoms with E-state index in [1.807, 2.05) is 6.92 Å². The van der Waals surface area contributed by atoms with Gasteiger partial charge >= 0.3 is 0 Å². The number of thioether (sulfide) groups is 1. The Morgan fingerprint density at radius 2 is 1.84 bits per heavy atom. The molecule has 0 saturated carbocycles. The van der Waals surface area contributed by atoms with Crippen molar-refractivity contribution >= 4 is 23.6 Å². The summed E-state index contributed by atoms with van der Waals surface area (Å²) < 4.78 is 2.08. The van der Waals surface area contributed by atoms with Gasteiger partial charge in [-0.2, -0.15) is 0 Å². The van der Waals surface area contributed by atoms with Crippen LogP contribution in [0.5, 0.6) is 0 Å². The van der Waals surface area contributed by atoms with Crippen molar-refractivity contribution in [3.8, 4) is 5.69 Å². The molecule has 1 aliphatic heterocycles. The van der Waals surface area contributed by atoms with Gasteiger partial charge in [0, 0.05) is 20.1 Å². The largest absolute Gasteiger partial charge is 0.358 e. The van der Waals surface area contributed by atoms with E-state index in [1.165, 1.54) is 36.6 Å². The topological polar surface area (TPSA) is 63.1 Å². The van der Waals surface area contributed by atoms with E-state index in [1.54, 1.807) is 7.05 Å². The minimum atomic E-state index is -0.229. The van der Waals surface area contributed by atoms with E-state index in [4.69, 9.17) is 0 Å². The maximum Gasteiger partial charge on any atom is 0.233 e. The zero-order valence-electron chi connectivity index (χ0n) is 15.0. The summed E-state index contributed by atoms with van der Waals surface area (Å²) in [6.07, 6.45) is 3.63. The van der Waals surface area contributed by atoms with E-state index in [0.717, 1.165) is 29.9 Å². The highest BCUT2D eigenvalue weighted by molar-refractivity contribution is 8.00. The van der Waals surface area contributed by atoms with Crippen LogP contribution in [0.3, 0.4) is 0 Å². The number of carbonyl (C=O) groups is 1. The normalized spacial score (nSPS) is 15.9. The predicted molar refractivity (Wildman–Crippen MR) is 102 cm³/mol. The molecule has 6 nitrogen and oxygen atoms in total. The summed E-state index contributed by atoms with van der Waals surface area (Å²) in [5.41, 5.74) is 2.24. The molecule has 0 radical (unpaired) electrons. The molecular weight excluding hydrogens is 334 g/mol. The van der Waals surface area contributed by atoms with Crippen LogP contribution < -0.4 is 10.2 Å². The zero-order valence-corrected chi connectivity index (χ0v) is 15.8. The minimum absolute atomic E-state index is 0.0111. The fourth-order valence-electron chi connectivity index (χ4n) is 2.97. The number of carbonyl (C=O) groups excluding carboxylic acids is 1. The van der Waals surface area contributed by atoms with Crippen LogP contribution in [0.4, 0.5) is 5.95 Å². The summed E-state index contributed by atoms with van der Waals surface area (Å²) in [6.45, 7) is 5.96. The summed E-state index contributed by atoms with van der Waals surface area (Å²) in [5, 5.41) is 12.1. The maximum atomic E-state index is 11.9. The van der Waals surface area contributed by atoms with Gasteiger partial charge in [0.2, 0.25) is 11.9 Å². The van der Waals surface area contributed by atoms with Gasteiger partial charge in [-0.15, -0.1) is 10.2 Å². The molecule has 3 rings (SSSR count). The van der Waals surface area contributed by atoms with Crippen LogP contribution in [0.25, 0.3) is 5.69 Å². The molecule has 134 valence electrons. The lowest BCUT2D eigenvalue weighted by Gasteiger charge is -2.28. The van der Waals surface area contributed by atoms with Gasteiger partial charge in [0.1, 0.15) is 0 Å². The fourth-order valence-corrected chi connectivity index (χ4v) is 3.89. The number of hydrogen-bond acceptors (Lipinski definition) is 5. The number of nitrogens with one attached hydrogen (secondary N) is 1. The lowest BCUT2D eigenvalue weighted by Crippen LogP contribution is -2.32. The summed E-state index contributed by atoms with van der Waals surface area (Å²) in [7, 11) is 1.66. The molecule has 0 aliphatic carbocycles. The van der Waals surface area contributed by atoms with Gasteiger partial charge in [-0.05, 0) is 45.2 Å². The molecule has 1 N–H and O–H groups in total. The van der Waals surface area contributed by atoms with Gasteiger partial charge in [0.15, 0.2) is 5.16 Å². The van der Waals surface area contributed by atoms with Gasteiger partial charge in [-0.1, -0.05) is 29.5 Å². The molecule has 7 heteroatoms. The summed E-state index contributed by atoms with van der Waals surface area (Å²) in [5.74, 6) is 0.859. The minimum Gasteiger partial charge on any atom is -0.358 e. The molecule has 0 spiro atoms. The SMILES string of the molecule is CNC(=O)C(C)Sc1nnc(N2CCCCC2)n1-c1ccc(C)cc1. The van der Waals surface area contributed by atoms with Crippen molar-refractivity contribution in [1.82, 2.24) is 20.1 Å². The molecule has 1 unspecified atom stereocenters. The second-order valence-electron chi connectivity index (χ2n) is 6.38. The Balaban J connectivity index is 1.98. The van der Waals surface area contributed by atoms with Crippen LogP contribution >= 0.6 is 11.8 Å². The first-order valence-electron chi connectivity index (χ1n) is 8.76. The van der Waals surface area contributed by atoms with E-state index in [9.17, 15) is 4.79 Å². The Kier molecular flexibility index (Phi) is 5.63. The highest BCUT2D eigenvalue weighted by Crippen LogP contribution is 2.30. The van der Waals surface area contributed by atoms with E-state index in [-0.39, 0.29) is 11.2 Å². The Morgan fingerprint density at radius 1 is 1.16 bits per heavy atom. The van der Waals surface area contributed by atoms with Gasteiger partial charge in [0.05, 0.1) is 10.9 Å². The number of aryl methyl sites for hydroxylation is 1. The lowest BCUT2D eigenvalue weighted by molar-refractivity contribution is -0.119. The summed E-state index contributed by atoms with van der Waals surface area (Å²) in [4.78, 5) is 14.2. The maximum absolute atomic E-state index is 11.9. The lowest BCUT2D eigenvalue weighted by atomic mass is 10.1. The third-order valence-electron chi connectivity index (χ3n) is 4.45. The Hall–Kier alpha value is -2.02. The number of amides is 1. The number of anilines is 1. The molecule has 2 heterocycles. The molecule has 1 aromatic carbocycles. The third-order valence-corrected chi connectivity index (χ3v) is 5.49. The number of benzene rings is 1. The fraction of sp³-hybridized carbons (Fsp3) is 0.500. The van der Waals surface area contributed by atoms with Gasteiger partial charge in [-0.25, -0.2) is 0 Å². The summed E-state index contributed by atoms with van der Waals surface area (Å²) >= 11 is 1.44. The van der Waals surface area contributed by atoms with E-state index < -0.39 is 0 Å². The predicted octanol–water partition coefficient (Wildman–Crippen LogP) is 2.79. The number of nitrogens with zero attached hydrogens (tertiary/aromatic N) is 4. The van der Waals surface area contributed by atoms with E-state index in [0.29, 0.717) is 0 Å². The molecule has 1 aromatic heterocycles. The number of hydrogen-bond donors (Lipinski definition) is 1. The second kappa shape index (κ2) is 7.91. The molecule has 2 aromatic rings. The molecule has 1 aliphatic rings. The number of aromatic nitrogens is 3. The third kappa shape index (κ3) is 3.98. The quantitative estimate of drug-likeness (QED) is 0.832. The molecule has 0 bridgehead atoms. The van der Waals surface area contributed by atoms with Crippen molar-refractivity contribution in [2.24, 2.45) is 0 Å². The van der Waals surface area contributed by atoms with Crippen LogP contribution in [0.2, 0.25) is 0 Å². The van der Waals surface area contributed by atoms with Gasteiger partial charge in [-0.3, -0.25) is 9.36 Å². The van der Waals surface area contributed by atoms with Crippen molar-refractivity contribution in [2.45, 2.75) is 43.5 Å². The summed E-state index contributed by atoms with van der Waals surface area (Å²) in [6, 6.07) is 8.35. The molecule has 1 amide bonds. The Labute approximate surface area is 153 Å². The van der Waals surface area contributed by atoms with Crippen molar-refractivity contribution in [3.05, 3.63) is 29.8 Å². The van der Waals surface area contributed by atoms with Gasteiger partial charge in [0.25, 0.3) is 0 Å². The molecular formula is C18H25N5OS. The smallest absolute Gasteiger partial charge is 0.233 e. The first kappa shape index (κ1) is 17.8. The zero-order chi connectivity index (χ0) is 17.8. The number of piperidine rings is 1. The second-order valence-corrected chi connectivity index (χ2v) is 7.68. The Morgan fingerprint density at radius 3 is 2.48 bits per heavy atom. The van der Waals surface area contributed by atoms with Crippen molar-refractivity contribution in [3.63, 3.8) is 0 Å². The van der Waals surface area contributed by atoms with Crippen LogP contribution in [-0.4, -0.2) is 46.1 Å². The van der Waals surface area contributed by atoms with E-state index in [2.05, 4.69) is 56.2 Å². The highest BCUT2D eigenvalue weighted by Gasteiger charge is 2.24. The monoisotopic (exact) mass is 359 g/mol. The van der Waals surface area contributed by atoms with Crippen LogP contribution in [-0.2, 0) is 4.79 Å². The van der Waals surface area contributed by atoms with Gasteiger partial charge < -0.3 is 10.2 Å². The molecule has 25 heavy (non-hydrogen) atoms. The average molecular weight is 359 g/mol. The van der Waals surface area contributed by atoms with Crippen molar-refractivity contribution in [2.75, 3.05) is 25.0 Å². The molecule has 1 saturated heterocycles. The highest BCUT2D eigenvalue weighted by atomic mass is 32.2. The van der Waals surface area contributed by atoms with Crippen LogP contribution in [0.15, 0.2) is 29.4 Å². The van der Waals surface area contributed by atoms with E-state index >= 15 is 0 Å². The van der Waals surface area contributed by atoms with Crippen LogP contribution in [0.1, 0.15) is 31.7 Å². The molecule has 1 fully saturated rings. The molecule has 1 atom stereocenters. The first-order valence-corrected chi connectivity index (χ1v) is 9.64. The van der Waals surface area contributed by atoms with Crippen molar-refractivity contribution < 1.29 is 4.79 Å². The standard InChI is InChI=1S/C18H25N5OS/c1-13-7-9-15(10-8-13)23-17(22-11-5-4-6-12-22)20-21-18(23)25-14(2)16(24)19-3/h7-10,14H,4-6,11-12H2,1-3H3,(H,19,24). The average Bonchev–Trinajstić information content (AvgIpc) is 3.06. The number of rotatable bonds is 5. The Bertz CT molecular complexity index is 722. The van der Waals surface area contributed by atoms with Crippen LogP contribution in [0, 0.1) is 6.92 Å². The first-order chi connectivity index (χ1) is 12.1.